The summed E-state index contributed by atoms with van der Waals surface area (Å²) in [5, 5.41) is 12.3. The van der Waals surface area contributed by atoms with Gasteiger partial charge in [0.15, 0.2) is 0 Å². The zero-order valence-corrected chi connectivity index (χ0v) is 13.2. The Hall–Kier alpha value is -1.27. The van der Waals surface area contributed by atoms with E-state index in [4.69, 9.17) is 16.7 Å². The van der Waals surface area contributed by atoms with Gasteiger partial charge in [0.05, 0.1) is 16.1 Å². The third-order valence-corrected chi connectivity index (χ3v) is 4.26. The normalized spacial score (nSPS) is 21.9. The Bertz CT molecular complexity index is 567. The Balaban J connectivity index is 2.05. The van der Waals surface area contributed by atoms with Gasteiger partial charge >= 0.3 is 12.0 Å². The summed E-state index contributed by atoms with van der Waals surface area (Å²) in [7, 11) is 0. The van der Waals surface area contributed by atoms with E-state index in [1.54, 1.807) is 25.1 Å². The Kier molecular flexibility index (Phi) is 4.25. The Morgan fingerprint density at radius 2 is 2.20 bits per heavy atom. The number of carbonyl (C=O) groups is 2. The maximum Gasteiger partial charge on any atom is 0.321 e. The van der Waals surface area contributed by atoms with Crippen molar-refractivity contribution in [1.82, 2.24) is 4.90 Å². The Morgan fingerprint density at radius 1 is 1.50 bits per heavy atom. The van der Waals surface area contributed by atoms with E-state index < -0.39 is 11.4 Å². The van der Waals surface area contributed by atoms with Gasteiger partial charge in [-0.25, -0.2) is 4.79 Å². The van der Waals surface area contributed by atoms with Crippen molar-refractivity contribution < 1.29 is 14.7 Å². The molecule has 1 aromatic carbocycles. The molecule has 1 aliphatic rings. The second-order valence-electron chi connectivity index (χ2n) is 5.09. The highest BCUT2D eigenvalue weighted by Crippen LogP contribution is 2.31. The summed E-state index contributed by atoms with van der Waals surface area (Å²) >= 11 is 9.32. The van der Waals surface area contributed by atoms with Gasteiger partial charge in [-0.05, 0) is 31.5 Å². The highest BCUT2D eigenvalue weighted by molar-refractivity contribution is 9.10. The van der Waals surface area contributed by atoms with Crippen LogP contribution in [0, 0.1) is 5.41 Å². The molecule has 1 aliphatic heterocycles. The van der Waals surface area contributed by atoms with Gasteiger partial charge in [-0.2, -0.15) is 0 Å². The number of benzene rings is 1. The van der Waals surface area contributed by atoms with E-state index in [1.807, 2.05) is 0 Å². The fraction of sp³-hybridized carbons (Fsp3) is 0.385. The lowest BCUT2D eigenvalue weighted by molar-refractivity contribution is -0.146. The molecule has 0 radical (unpaired) electrons. The molecule has 1 saturated heterocycles. The van der Waals surface area contributed by atoms with Gasteiger partial charge in [0.2, 0.25) is 0 Å². The number of anilines is 1. The van der Waals surface area contributed by atoms with Crippen molar-refractivity contribution in [1.29, 1.82) is 0 Å². The summed E-state index contributed by atoms with van der Waals surface area (Å²) in [6.45, 7) is 2.26. The largest absolute Gasteiger partial charge is 0.481 e. The Labute approximate surface area is 130 Å². The van der Waals surface area contributed by atoms with Crippen LogP contribution >= 0.6 is 27.5 Å². The van der Waals surface area contributed by atoms with E-state index in [1.165, 1.54) is 4.90 Å². The van der Waals surface area contributed by atoms with Crippen LogP contribution in [-0.2, 0) is 4.79 Å². The van der Waals surface area contributed by atoms with Crippen LogP contribution in [0.25, 0.3) is 0 Å². The number of hydrogen-bond donors (Lipinski definition) is 2. The van der Waals surface area contributed by atoms with E-state index in [2.05, 4.69) is 21.2 Å². The van der Waals surface area contributed by atoms with Gasteiger partial charge in [-0.3, -0.25) is 4.79 Å². The Morgan fingerprint density at radius 3 is 2.75 bits per heavy atom. The van der Waals surface area contributed by atoms with Gasteiger partial charge in [-0.15, -0.1) is 0 Å². The van der Waals surface area contributed by atoms with E-state index in [9.17, 15) is 9.59 Å². The van der Waals surface area contributed by atoms with E-state index >= 15 is 0 Å². The van der Waals surface area contributed by atoms with Crippen molar-refractivity contribution in [3.63, 3.8) is 0 Å². The SMILES string of the molecule is CC1(C(=O)O)CCN(C(=O)Nc2ccc(Br)cc2Cl)C1. The number of nitrogens with one attached hydrogen (secondary N) is 1. The number of urea groups is 1. The third-order valence-electron chi connectivity index (χ3n) is 3.45. The van der Waals surface area contributed by atoms with Crippen LogP contribution in [0.2, 0.25) is 5.02 Å². The van der Waals surface area contributed by atoms with Crippen molar-refractivity contribution in [3.05, 3.63) is 27.7 Å². The van der Waals surface area contributed by atoms with Crippen LogP contribution in [0.4, 0.5) is 10.5 Å². The van der Waals surface area contributed by atoms with Crippen molar-refractivity contribution in [2.75, 3.05) is 18.4 Å². The number of carbonyl (C=O) groups excluding carboxylic acids is 1. The first-order valence-electron chi connectivity index (χ1n) is 6.06. The fourth-order valence-electron chi connectivity index (χ4n) is 2.09. The van der Waals surface area contributed by atoms with Crippen LogP contribution in [-0.4, -0.2) is 35.1 Å². The van der Waals surface area contributed by atoms with Crippen molar-refractivity contribution in [2.24, 2.45) is 5.41 Å². The van der Waals surface area contributed by atoms with Crippen molar-refractivity contribution in [3.8, 4) is 0 Å². The molecule has 1 unspecified atom stereocenters. The number of aliphatic carboxylic acids is 1. The van der Waals surface area contributed by atoms with Gasteiger partial charge in [-0.1, -0.05) is 27.5 Å². The van der Waals surface area contributed by atoms with Crippen LogP contribution in [0.3, 0.4) is 0 Å². The number of amides is 2. The van der Waals surface area contributed by atoms with Crippen LogP contribution in [0.1, 0.15) is 13.3 Å². The molecule has 2 rings (SSSR count). The summed E-state index contributed by atoms with van der Waals surface area (Å²) in [4.78, 5) is 24.8. The minimum absolute atomic E-state index is 0.197. The minimum atomic E-state index is -0.880. The summed E-state index contributed by atoms with van der Waals surface area (Å²) in [6, 6.07) is 4.81. The molecule has 1 aromatic rings. The first kappa shape index (κ1) is 15.1. The lowest BCUT2D eigenvalue weighted by Crippen LogP contribution is -2.37. The molecule has 0 aliphatic carbocycles. The first-order chi connectivity index (χ1) is 9.32. The molecule has 5 nitrogen and oxygen atoms in total. The van der Waals surface area contributed by atoms with Gasteiger partial charge in [0.25, 0.3) is 0 Å². The molecular formula is C13H14BrClN2O3. The molecule has 0 bridgehead atoms. The van der Waals surface area contributed by atoms with Crippen molar-refractivity contribution in [2.45, 2.75) is 13.3 Å². The third kappa shape index (κ3) is 3.07. The quantitative estimate of drug-likeness (QED) is 0.848. The van der Waals surface area contributed by atoms with Gasteiger partial charge in [0.1, 0.15) is 0 Å². The van der Waals surface area contributed by atoms with E-state index in [0.717, 1.165) is 4.47 Å². The molecule has 7 heteroatoms. The molecule has 20 heavy (non-hydrogen) atoms. The van der Waals surface area contributed by atoms with Crippen LogP contribution < -0.4 is 5.32 Å². The van der Waals surface area contributed by atoms with Crippen LogP contribution in [0.15, 0.2) is 22.7 Å². The lowest BCUT2D eigenvalue weighted by Gasteiger charge is -2.20. The molecule has 0 saturated carbocycles. The molecule has 0 aromatic heterocycles. The molecule has 1 fully saturated rings. The molecule has 2 amide bonds. The monoisotopic (exact) mass is 360 g/mol. The summed E-state index contributed by atoms with van der Waals surface area (Å²) in [6.07, 6.45) is 0.448. The number of hydrogen-bond acceptors (Lipinski definition) is 2. The highest BCUT2D eigenvalue weighted by atomic mass is 79.9. The summed E-state index contributed by atoms with van der Waals surface area (Å²) in [5.74, 6) is -0.880. The molecule has 2 N–H and O–H groups in total. The molecular weight excluding hydrogens is 348 g/mol. The number of carboxylic acids is 1. The predicted octanol–water partition coefficient (Wildman–Crippen LogP) is 3.43. The zero-order chi connectivity index (χ0) is 14.9. The van der Waals surface area contributed by atoms with Crippen molar-refractivity contribution >= 4 is 45.2 Å². The standard InChI is InChI=1S/C13H14BrClN2O3/c1-13(11(18)19)4-5-17(7-13)12(20)16-10-3-2-8(14)6-9(10)15/h2-3,6H,4-5,7H2,1H3,(H,16,20)(H,18,19). The maximum atomic E-state index is 12.1. The molecule has 1 heterocycles. The first-order valence-corrected chi connectivity index (χ1v) is 7.23. The van der Waals surface area contributed by atoms with Crippen LogP contribution in [0.5, 0.6) is 0 Å². The molecule has 108 valence electrons. The number of nitrogens with zero attached hydrogens (tertiary/aromatic N) is 1. The number of rotatable bonds is 2. The average Bonchev–Trinajstić information content (AvgIpc) is 2.77. The summed E-state index contributed by atoms with van der Waals surface area (Å²) in [5.41, 5.74) is -0.371. The van der Waals surface area contributed by atoms with Gasteiger partial charge < -0.3 is 15.3 Å². The second kappa shape index (κ2) is 5.61. The highest BCUT2D eigenvalue weighted by Gasteiger charge is 2.42. The molecule has 1 atom stereocenters. The smallest absolute Gasteiger partial charge is 0.321 e. The minimum Gasteiger partial charge on any atom is -0.481 e. The van der Waals surface area contributed by atoms with E-state index in [-0.39, 0.29) is 12.6 Å². The predicted molar refractivity (Wildman–Crippen MR) is 80.1 cm³/mol. The second-order valence-corrected chi connectivity index (χ2v) is 6.41. The van der Waals surface area contributed by atoms with Gasteiger partial charge in [0, 0.05) is 17.6 Å². The molecule has 0 spiro atoms. The topological polar surface area (TPSA) is 69.6 Å². The zero-order valence-electron chi connectivity index (χ0n) is 10.8. The lowest BCUT2D eigenvalue weighted by atomic mass is 9.90. The fourth-order valence-corrected chi connectivity index (χ4v) is 2.81. The summed E-state index contributed by atoms with van der Waals surface area (Å²) < 4.78 is 0.820. The number of halogens is 2. The number of likely N-dealkylation sites (tertiary alicyclic amines) is 1. The van der Waals surface area contributed by atoms with E-state index in [0.29, 0.717) is 23.7 Å². The average molecular weight is 362 g/mol. The maximum absolute atomic E-state index is 12.1. The number of carboxylic acid groups (broad SMARTS) is 1.